The summed E-state index contributed by atoms with van der Waals surface area (Å²) in [7, 11) is 0. The number of aryl methyl sites for hydroxylation is 1. The first-order chi connectivity index (χ1) is 9.13. The molecule has 3 rings (SSSR count). The molecule has 0 aliphatic carbocycles. The van der Waals surface area contributed by atoms with Crippen LogP contribution in [-0.4, -0.2) is 22.3 Å². The molecular weight excluding hydrogens is 246 g/mol. The van der Waals surface area contributed by atoms with E-state index in [0.29, 0.717) is 5.76 Å². The Bertz CT molecular complexity index is 632. The molecule has 1 aromatic carbocycles. The number of hydrogen-bond acceptors (Lipinski definition) is 4. The van der Waals surface area contributed by atoms with Crippen molar-refractivity contribution in [3.63, 3.8) is 0 Å². The van der Waals surface area contributed by atoms with Crippen LogP contribution in [0.1, 0.15) is 29.4 Å². The third kappa shape index (κ3) is 2.19. The number of benzene rings is 1. The number of ether oxygens (including phenoxy) is 1. The number of carboxylic acid groups (broad SMARTS) is 1. The van der Waals surface area contributed by atoms with Gasteiger partial charge in [0, 0.05) is 11.6 Å². The summed E-state index contributed by atoms with van der Waals surface area (Å²) in [6.07, 6.45) is 2.17. The van der Waals surface area contributed by atoms with Gasteiger partial charge in [0.25, 0.3) is 0 Å². The molecule has 0 saturated carbocycles. The minimum Gasteiger partial charge on any atom is -0.490 e. The van der Waals surface area contributed by atoms with Crippen molar-refractivity contribution in [2.75, 3.05) is 0 Å². The Morgan fingerprint density at radius 3 is 3.00 bits per heavy atom. The third-order valence-corrected chi connectivity index (χ3v) is 3.22. The first kappa shape index (κ1) is 11.8. The smallest absolute Gasteiger partial charge is 0.358 e. The number of fused-ring (bicyclic) bond motifs is 1. The molecule has 98 valence electrons. The molecule has 5 heteroatoms. The Balaban J connectivity index is 1.95. The summed E-state index contributed by atoms with van der Waals surface area (Å²) in [5, 5.41) is 12.3. The molecule has 0 radical (unpaired) electrons. The van der Waals surface area contributed by atoms with Gasteiger partial charge in [-0.05, 0) is 43.5 Å². The van der Waals surface area contributed by atoms with Gasteiger partial charge in [0.05, 0.1) is 6.10 Å². The van der Waals surface area contributed by atoms with Gasteiger partial charge in [-0.15, -0.1) is 0 Å². The lowest BCUT2D eigenvalue weighted by Crippen LogP contribution is -2.18. The maximum Gasteiger partial charge on any atom is 0.358 e. The van der Waals surface area contributed by atoms with E-state index in [1.807, 2.05) is 25.1 Å². The Morgan fingerprint density at radius 2 is 2.26 bits per heavy atom. The Kier molecular flexibility index (Phi) is 2.74. The van der Waals surface area contributed by atoms with Crippen molar-refractivity contribution in [3.05, 3.63) is 35.5 Å². The average Bonchev–Trinajstić information content (AvgIpc) is 2.88. The van der Waals surface area contributed by atoms with Gasteiger partial charge in [0.2, 0.25) is 0 Å². The van der Waals surface area contributed by atoms with Gasteiger partial charge in [-0.2, -0.15) is 0 Å². The summed E-state index contributed by atoms with van der Waals surface area (Å²) in [6.45, 7) is 2.05. The number of carboxylic acids is 1. The van der Waals surface area contributed by atoms with Gasteiger partial charge in [0.15, 0.2) is 11.5 Å². The summed E-state index contributed by atoms with van der Waals surface area (Å²) >= 11 is 0. The van der Waals surface area contributed by atoms with E-state index in [0.717, 1.165) is 29.7 Å². The lowest BCUT2D eigenvalue weighted by molar-refractivity contribution is 0.0686. The molecule has 0 fully saturated rings. The largest absolute Gasteiger partial charge is 0.490 e. The number of rotatable bonds is 2. The molecule has 1 unspecified atom stereocenters. The van der Waals surface area contributed by atoms with E-state index in [-0.39, 0.29) is 11.8 Å². The molecule has 2 heterocycles. The molecule has 19 heavy (non-hydrogen) atoms. The lowest BCUT2D eigenvalue weighted by atomic mass is 9.99. The highest BCUT2D eigenvalue weighted by atomic mass is 16.5. The molecule has 1 aliphatic rings. The zero-order valence-corrected chi connectivity index (χ0v) is 10.4. The quantitative estimate of drug-likeness (QED) is 0.897. The van der Waals surface area contributed by atoms with Gasteiger partial charge in [-0.3, -0.25) is 0 Å². The zero-order valence-electron chi connectivity index (χ0n) is 10.4. The second kappa shape index (κ2) is 4.42. The van der Waals surface area contributed by atoms with E-state index in [2.05, 4.69) is 5.16 Å². The summed E-state index contributed by atoms with van der Waals surface area (Å²) in [6, 6.07) is 7.13. The highest BCUT2D eigenvalue weighted by Gasteiger charge is 2.18. The molecule has 1 atom stereocenters. The summed E-state index contributed by atoms with van der Waals surface area (Å²) in [4.78, 5) is 10.8. The molecular formula is C14H13NO4. The fourth-order valence-electron chi connectivity index (χ4n) is 2.19. The number of nitrogens with zero attached hydrogens (tertiary/aromatic N) is 1. The van der Waals surface area contributed by atoms with Gasteiger partial charge >= 0.3 is 5.97 Å². The van der Waals surface area contributed by atoms with Crippen LogP contribution in [-0.2, 0) is 6.42 Å². The van der Waals surface area contributed by atoms with Crippen LogP contribution in [0.25, 0.3) is 11.3 Å². The molecule has 0 saturated heterocycles. The SMILES string of the molecule is CC1CCc2cc(-c3cc(C(=O)O)no3)ccc2O1. The van der Waals surface area contributed by atoms with Crippen molar-refractivity contribution in [1.82, 2.24) is 5.16 Å². The number of aromatic nitrogens is 1. The maximum absolute atomic E-state index is 10.8. The van der Waals surface area contributed by atoms with Crippen LogP contribution < -0.4 is 4.74 Å². The van der Waals surface area contributed by atoms with E-state index in [1.54, 1.807) is 0 Å². The van der Waals surface area contributed by atoms with Gasteiger partial charge in [-0.25, -0.2) is 4.79 Å². The molecule has 5 nitrogen and oxygen atoms in total. The van der Waals surface area contributed by atoms with Gasteiger partial charge in [0.1, 0.15) is 5.75 Å². The molecule has 1 aromatic heterocycles. The number of carbonyl (C=O) groups is 1. The first-order valence-electron chi connectivity index (χ1n) is 6.13. The summed E-state index contributed by atoms with van der Waals surface area (Å²) in [5.74, 6) is 0.254. The van der Waals surface area contributed by atoms with Crippen LogP contribution in [0.15, 0.2) is 28.8 Å². The van der Waals surface area contributed by atoms with Gasteiger partial charge in [-0.1, -0.05) is 5.16 Å². The van der Waals surface area contributed by atoms with Crippen molar-refractivity contribution in [1.29, 1.82) is 0 Å². The first-order valence-corrected chi connectivity index (χ1v) is 6.13. The van der Waals surface area contributed by atoms with Crippen molar-refractivity contribution < 1.29 is 19.2 Å². The highest BCUT2D eigenvalue weighted by Crippen LogP contribution is 2.32. The summed E-state index contributed by atoms with van der Waals surface area (Å²) < 4.78 is 10.8. The predicted octanol–water partition coefficient (Wildman–Crippen LogP) is 2.75. The standard InChI is InChI=1S/C14H13NO4/c1-8-2-3-9-6-10(4-5-12(9)18-8)13-7-11(14(16)17)15-19-13/h4-8H,2-3H2,1H3,(H,16,17). The van der Waals surface area contributed by atoms with Crippen molar-refractivity contribution in [3.8, 4) is 17.1 Å². The Labute approximate surface area is 109 Å². The van der Waals surface area contributed by atoms with E-state index in [9.17, 15) is 4.79 Å². The van der Waals surface area contributed by atoms with Crippen LogP contribution in [0.4, 0.5) is 0 Å². The Morgan fingerprint density at radius 1 is 1.42 bits per heavy atom. The fraction of sp³-hybridized carbons (Fsp3) is 0.286. The van der Waals surface area contributed by atoms with E-state index in [1.165, 1.54) is 6.07 Å². The van der Waals surface area contributed by atoms with E-state index < -0.39 is 5.97 Å². The Hall–Kier alpha value is -2.30. The highest BCUT2D eigenvalue weighted by molar-refractivity contribution is 5.86. The zero-order chi connectivity index (χ0) is 13.4. The van der Waals surface area contributed by atoms with Crippen LogP contribution in [0.3, 0.4) is 0 Å². The second-order valence-corrected chi connectivity index (χ2v) is 4.67. The molecule has 1 N–H and O–H groups in total. The normalized spacial score (nSPS) is 17.6. The van der Waals surface area contributed by atoms with Gasteiger partial charge < -0.3 is 14.4 Å². The van der Waals surface area contributed by atoms with Crippen molar-refractivity contribution in [2.45, 2.75) is 25.9 Å². The van der Waals surface area contributed by atoms with E-state index in [4.69, 9.17) is 14.4 Å². The lowest BCUT2D eigenvalue weighted by Gasteiger charge is -2.23. The monoisotopic (exact) mass is 259 g/mol. The van der Waals surface area contributed by atoms with E-state index >= 15 is 0 Å². The van der Waals surface area contributed by atoms with Crippen molar-refractivity contribution in [2.24, 2.45) is 0 Å². The second-order valence-electron chi connectivity index (χ2n) is 4.67. The van der Waals surface area contributed by atoms with Crippen LogP contribution >= 0.6 is 0 Å². The molecule has 0 bridgehead atoms. The van der Waals surface area contributed by atoms with Crippen LogP contribution in [0.5, 0.6) is 5.75 Å². The average molecular weight is 259 g/mol. The number of aromatic carboxylic acids is 1. The van der Waals surface area contributed by atoms with Crippen molar-refractivity contribution >= 4 is 5.97 Å². The maximum atomic E-state index is 10.8. The molecule has 1 aliphatic heterocycles. The fourth-order valence-corrected chi connectivity index (χ4v) is 2.19. The molecule has 0 spiro atoms. The topological polar surface area (TPSA) is 72.6 Å². The molecule has 0 amide bonds. The number of hydrogen-bond donors (Lipinski definition) is 1. The minimum absolute atomic E-state index is 0.0856. The summed E-state index contributed by atoms with van der Waals surface area (Å²) in [5.41, 5.74) is 1.85. The van der Waals surface area contributed by atoms with Crippen LogP contribution in [0.2, 0.25) is 0 Å². The third-order valence-electron chi connectivity index (χ3n) is 3.22. The molecule has 2 aromatic rings. The van der Waals surface area contributed by atoms with Crippen LogP contribution in [0, 0.1) is 0 Å². The minimum atomic E-state index is -1.09. The predicted molar refractivity (Wildman–Crippen MR) is 67.3 cm³/mol.